The van der Waals surface area contributed by atoms with Crippen molar-refractivity contribution in [1.29, 1.82) is 0 Å². The highest BCUT2D eigenvalue weighted by Gasteiger charge is 2.12. The topological polar surface area (TPSA) is 89.3 Å². The molecule has 4 nitrogen and oxygen atoms in total. The molecule has 0 spiro atoms. The quantitative estimate of drug-likeness (QED) is 0.638. The van der Waals surface area contributed by atoms with Crippen molar-refractivity contribution < 1.29 is 9.90 Å². The van der Waals surface area contributed by atoms with E-state index in [-0.39, 0.29) is 0 Å². The fourth-order valence-corrected chi connectivity index (χ4v) is 1.43. The van der Waals surface area contributed by atoms with Crippen molar-refractivity contribution in [3.05, 3.63) is 29.3 Å². The maximum absolute atomic E-state index is 10.6. The Morgan fingerprint density at radius 2 is 2.20 bits per heavy atom. The molecule has 0 saturated carbocycles. The minimum Gasteiger partial charge on any atom is -0.480 e. The van der Waals surface area contributed by atoms with Gasteiger partial charge in [0.15, 0.2) is 0 Å². The van der Waals surface area contributed by atoms with Crippen LogP contribution in [-0.4, -0.2) is 17.1 Å². The Hall–Kier alpha value is -1.55. The fraction of sp³-hybridized carbons (Fsp3) is 0.364. The van der Waals surface area contributed by atoms with E-state index >= 15 is 0 Å². The summed E-state index contributed by atoms with van der Waals surface area (Å²) in [6.45, 7) is 2.02. The van der Waals surface area contributed by atoms with Gasteiger partial charge in [-0.1, -0.05) is 19.1 Å². The van der Waals surface area contributed by atoms with Crippen molar-refractivity contribution in [2.75, 3.05) is 5.73 Å². The zero-order chi connectivity index (χ0) is 11.4. The van der Waals surface area contributed by atoms with Crippen molar-refractivity contribution >= 4 is 11.7 Å². The van der Waals surface area contributed by atoms with E-state index in [9.17, 15) is 4.79 Å². The maximum Gasteiger partial charge on any atom is 0.320 e. The van der Waals surface area contributed by atoms with E-state index in [0.717, 1.165) is 17.5 Å². The number of hydrogen-bond donors (Lipinski definition) is 3. The van der Waals surface area contributed by atoms with Crippen molar-refractivity contribution in [2.24, 2.45) is 5.73 Å². The Balaban J connectivity index is 2.79. The van der Waals surface area contributed by atoms with Gasteiger partial charge in [-0.2, -0.15) is 0 Å². The number of aliphatic carboxylic acids is 1. The number of aryl methyl sites for hydroxylation is 1. The van der Waals surface area contributed by atoms with Crippen molar-refractivity contribution in [3.63, 3.8) is 0 Å². The van der Waals surface area contributed by atoms with Crippen molar-refractivity contribution in [1.82, 2.24) is 0 Å². The number of carboxylic acids is 1. The highest BCUT2D eigenvalue weighted by Crippen LogP contribution is 2.15. The van der Waals surface area contributed by atoms with Crippen molar-refractivity contribution in [2.45, 2.75) is 25.8 Å². The van der Waals surface area contributed by atoms with Gasteiger partial charge in [-0.05, 0) is 30.0 Å². The molecule has 1 atom stereocenters. The minimum absolute atomic E-state index is 0.309. The van der Waals surface area contributed by atoms with Crippen molar-refractivity contribution in [3.8, 4) is 0 Å². The number of rotatable bonds is 4. The zero-order valence-corrected chi connectivity index (χ0v) is 8.73. The summed E-state index contributed by atoms with van der Waals surface area (Å²) in [5, 5.41) is 8.66. The first-order valence-electron chi connectivity index (χ1n) is 4.90. The second-order valence-electron chi connectivity index (χ2n) is 3.54. The Morgan fingerprint density at radius 3 is 2.67 bits per heavy atom. The summed E-state index contributed by atoms with van der Waals surface area (Å²) < 4.78 is 0. The van der Waals surface area contributed by atoms with Gasteiger partial charge >= 0.3 is 5.97 Å². The third-order valence-corrected chi connectivity index (χ3v) is 2.36. The molecule has 82 valence electrons. The number of carbonyl (C=O) groups is 1. The van der Waals surface area contributed by atoms with Gasteiger partial charge in [-0.3, -0.25) is 4.79 Å². The number of carboxylic acid groups (broad SMARTS) is 1. The average molecular weight is 208 g/mol. The summed E-state index contributed by atoms with van der Waals surface area (Å²) in [4.78, 5) is 10.6. The van der Waals surface area contributed by atoms with Crippen LogP contribution in [0.2, 0.25) is 0 Å². The van der Waals surface area contributed by atoms with Gasteiger partial charge in [0.05, 0.1) is 0 Å². The molecule has 0 bridgehead atoms. The highest BCUT2D eigenvalue weighted by atomic mass is 16.4. The van der Waals surface area contributed by atoms with Crippen LogP contribution in [-0.2, 0) is 17.6 Å². The van der Waals surface area contributed by atoms with Crippen LogP contribution in [0.1, 0.15) is 18.1 Å². The number of nitrogen functional groups attached to an aromatic ring is 1. The zero-order valence-electron chi connectivity index (χ0n) is 8.73. The molecular weight excluding hydrogens is 192 g/mol. The van der Waals surface area contributed by atoms with E-state index < -0.39 is 12.0 Å². The molecule has 0 amide bonds. The van der Waals surface area contributed by atoms with Gasteiger partial charge in [0.2, 0.25) is 0 Å². The largest absolute Gasteiger partial charge is 0.480 e. The molecule has 0 radical (unpaired) electrons. The number of nitrogens with two attached hydrogens (primary N) is 2. The van der Waals surface area contributed by atoms with Crippen LogP contribution in [0, 0.1) is 0 Å². The minimum atomic E-state index is -0.992. The smallest absolute Gasteiger partial charge is 0.320 e. The molecule has 1 aromatic rings. The predicted octanol–water partition coefficient (Wildman–Crippen LogP) is 0.786. The van der Waals surface area contributed by atoms with Crippen LogP contribution < -0.4 is 11.5 Å². The summed E-state index contributed by atoms with van der Waals surface area (Å²) in [7, 11) is 0. The molecule has 0 fully saturated rings. The second-order valence-corrected chi connectivity index (χ2v) is 3.54. The Morgan fingerprint density at radius 1 is 1.53 bits per heavy atom. The average Bonchev–Trinajstić information content (AvgIpc) is 2.18. The monoisotopic (exact) mass is 208 g/mol. The lowest BCUT2D eigenvalue weighted by atomic mass is 10.0. The third-order valence-electron chi connectivity index (χ3n) is 2.36. The van der Waals surface area contributed by atoms with E-state index in [2.05, 4.69) is 0 Å². The van der Waals surface area contributed by atoms with Gasteiger partial charge in [-0.25, -0.2) is 0 Å². The lowest BCUT2D eigenvalue weighted by Gasteiger charge is -2.09. The molecule has 5 N–H and O–H groups in total. The molecule has 1 rings (SSSR count). The molecule has 0 aromatic heterocycles. The number of benzene rings is 1. The Bertz CT molecular complexity index is 364. The summed E-state index contributed by atoms with van der Waals surface area (Å²) in [6.07, 6.45) is 1.18. The molecule has 0 heterocycles. The molecule has 0 aliphatic carbocycles. The molecule has 1 aromatic carbocycles. The second kappa shape index (κ2) is 4.79. The molecular formula is C11H16N2O2. The highest BCUT2D eigenvalue weighted by molar-refractivity contribution is 5.73. The normalized spacial score (nSPS) is 12.4. The summed E-state index contributed by atoms with van der Waals surface area (Å²) in [5.74, 6) is -0.992. The van der Waals surface area contributed by atoms with Crippen LogP contribution in [0.5, 0.6) is 0 Å². The molecule has 0 aliphatic heterocycles. The summed E-state index contributed by atoms with van der Waals surface area (Å²) >= 11 is 0. The van der Waals surface area contributed by atoms with E-state index in [1.807, 2.05) is 19.1 Å². The fourth-order valence-electron chi connectivity index (χ4n) is 1.43. The molecule has 15 heavy (non-hydrogen) atoms. The first-order valence-corrected chi connectivity index (χ1v) is 4.90. The lowest BCUT2D eigenvalue weighted by molar-refractivity contribution is -0.138. The maximum atomic E-state index is 10.6. The number of anilines is 1. The van der Waals surface area contributed by atoms with E-state index in [1.165, 1.54) is 0 Å². The van der Waals surface area contributed by atoms with Crippen LogP contribution in [0.15, 0.2) is 18.2 Å². The summed E-state index contributed by atoms with van der Waals surface area (Å²) in [6, 6.07) is 4.72. The standard InChI is InChI=1S/C11H16N2O2/c1-2-8-4-3-7(5-9(8)12)6-10(13)11(14)15/h3-5,10H,2,6,12-13H2,1H3,(H,14,15). The van der Waals surface area contributed by atoms with Gasteiger partial charge in [0, 0.05) is 5.69 Å². The predicted molar refractivity (Wildman–Crippen MR) is 59.5 cm³/mol. The van der Waals surface area contributed by atoms with Crippen LogP contribution in [0.3, 0.4) is 0 Å². The first-order chi connectivity index (χ1) is 7.04. The molecule has 0 saturated heterocycles. The van der Waals surface area contributed by atoms with Gasteiger partial charge in [0.1, 0.15) is 6.04 Å². The number of hydrogen-bond acceptors (Lipinski definition) is 3. The van der Waals surface area contributed by atoms with Gasteiger partial charge in [-0.15, -0.1) is 0 Å². The van der Waals surface area contributed by atoms with E-state index in [4.69, 9.17) is 16.6 Å². The van der Waals surface area contributed by atoms with Crippen LogP contribution >= 0.6 is 0 Å². The molecule has 0 aliphatic rings. The Labute approximate surface area is 88.9 Å². The van der Waals surface area contributed by atoms with E-state index in [0.29, 0.717) is 12.1 Å². The Kier molecular flexibility index (Phi) is 3.68. The lowest BCUT2D eigenvalue weighted by Crippen LogP contribution is -2.32. The van der Waals surface area contributed by atoms with Crippen LogP contribution in [0.4, 0.5) is 5.69 Å². The summed E-state index contributed by atoms with van der Waals surface area (Å²) in [5.41, 5.74) is 13.9. The van der Waals surface area contributed by atoms with Crippen LogP contribution in [0.25, 0.3) is 0 Å². The van der Waals surface area contributed by atoms with E-state index in [1.54, 1.807) is 6.07 Å². The van der Waals surface area contributed by atoms with Gasteiger partial charge < -0.3 is 16.6 Å². The SMILES string of the molecule is CCc1ccc(CC(N)C(=O)O)cc1N. The van der Waals surface area contributed by atoms with Gasteiger partial charge in [0.25, 0.3) is 0 Å². The third kappa shape index (κ3) is 2.95. The molecule has 1 unspecified atom stereocenters. The molecule has 4 heteroatoms. The first kappa shape index (κ1) is 11.5.